The van der Waals surface area contributed by atoms with E-state index in [-0.39, 0.29) is 11.1 Å². The second-order valence-electron chi connectivity index (χ2n) is 4.13. The van der Waals surface area contributed by atoms with Gasteiger partial charge < -0.3 is 10.2 Å². The first-order valence-corrected chi connectivity index (χ1v) is 5.33. The minimum Gasteiger partial charge on any atom is -0.478 e. The lowest BCUT2D eigenvalue weighted by molar-refractivity contribution is 0.0685. The minimum absolute atomic E-state index is 0.198. The molecule has 2 N–H and O–H groups in total. The number of hydrogen-bond donors (Lipinski definition) is 2. The quantitative estimate of drug-likeness (QED) is 0.722. The summed E-state index contributed by atoms with van der Waals surface area (Å²) in [6.07, 6.45) is 3.49. The summed E-state index contributed by atoms with van der Waals surface area (Å²) in [4.78, 5) is 22.1. The van der Waals surface area contributed by atoms with Crippen LogP contribution in [0, 0.1) is 0 Å². The first-order valence-electron chi connectivity index (χ1n) is 5.33. The molecule has 0 spiro atoms. The van der Waals surface area contributed by atoms with Crippen molar-refractivity contribution in [3.05, 3.63) is 46.5 Å². The number of rotatable bonds is 2. The van der Waals surface area contributed by atoms with Gasteiger partial charge in [0.05, 0.1) is 11.1 Å². The van der Waals surface area contributed by atoms with Crippen LogP contribution in [-0.4, -0.2) is 22.2 Å². The van der Waals surface area contributed by atoms with Gasteiger partial charge in [0.1, 0.15) is 0 Å². The molecule has 18 heavy (non-hydrogen) atoms. The third-order valence-electron chi connectivity index (χ3n) is 3.10. The van der Waals surface area contributed by atoms with Crippen LogP contribution >= 0.6 is 0 Å². The number of carboxylic acids is 2. The van der Waals surface area contributed by atoms with E-state index in [4.69, 9.17) is 10.2 Å². The largest absolute Gasteiger partial charge is 0.478 e. The number of carboxylic acid groups (broad SMARTS) is 2. The highest BCUT2D eigenvalue weighted by Gasteiger charge is 2.20. The summed E-state index contributed by atoms with van der Waals surface area (Å²) in [5, 5.41) is 19.6. The molecule has 0 atom stereocenters. The Labute approximate surface area is 102 Å². The van der Waals surface area contributed by atoms with Gasteiger partial charge in [0, 0.05) is 0 Å². The molecule has 0 amide bonds. The van der Waals surface area contributed by atoms with Gasteiger partial charge in [-0.3, -0.25) is 0 Å². The van der Waals surface area contributed by atoms with E-state index in [9.17, 15) is 9.59 Å². The van der Waals surface area contributed by atoms with E-state index in [0.717, 1.165) is 10.8 Å². The molecular weight excluding hydrogens is 232 g/mol. The van der Waals surface area contributed by atoms with Crippen LogP contribution in [0.15, 0.2) is 24.3 Å². The fourth-order valence-electron chi connectivity index (χ4n) is 2.31. The van der Waals surface area contributed by atoms with Gasteiger partial charge in [-0.15, -0.1) is 0 Å². The van der Waals surface area contributed by atoms with Crippen molar-refractivity contribution in [2.24, 2.45) is 0 Å². The maximum absolute atomic E-state index is 11.2. The highest BCUT2D eigenvalue weighted by Crippen LogP contribution is 2.34. The van der Waals surface area contributed by atoms with Gasteiger partial charge >= 0.3 is 11.9 Å². The smallest absolute Gasteiger partial charge is 0.336 e. The molecule has 1 aliphatic carbocycles. The average Bonchev–Trinajstić information content (AvgIpc) is 2.65. The third-order valence-corrected chi connectivity index (χ3v) is 3.10. The molecule has 0 saturated heterocycles. The van der Waals surface area contributed by atoms with Gasteiger partial charge in [-0.1, -0.05) is 18.2 Å². The van der Waals surface area contributed by atoms with E-state index < -0.39 is 11.9 Å². The highest BCUT2D eigenvalue weighted by molar-refractivity contribution is 6.11. The lowest BCUT2D eigenvalue weighted by Gasteiger charge is -2.06. The Morgan fingerprint density at radius 2 is 1.72 bits per heavy atom. The number of hydrogen-bond acceptors (Lipinski definition) is 2. The van der Waals surface area contributed by atoms with Gasteiger partial charge in [-0.25, -0.2) is 9.59 Å². The molecule has 0 saturated carbocycles. The Morgan fingerprint density at radius 1 is 0.944 bits per heavy atom. The molecule has 0 heterocycles. The lowest BCUT2D eigenvalue weighted by atomic mass is 9.97. The van der Waals surface area contributed by atoms with E-state index in [2.05, 4.69) is 0 Å². The summed E-state index contributed by atoms with van der Waals surface area (Å²) in [6.45, 7) is 0. The van der Waals surface area contributed by atoms with Crippen molar-refractivity contribution >= 4 is 34.9 Å². The van der Waals surface area contributed by atoms with Gasteiger partial charge in [-0.2, -0.15) is 0 Å². The van der Waals surface area contributed by atoms with Crippen LogP contribution in [0.1, 0.15) is 31.8 Å². The zero-order valence-corrected chi connectivity index (χ0v) is 9.18. The van der Waals surface area contributed by atoms with E-state index in [1.54, 1.807) is 30.4 Å². The van der Waals surface area contributed by atoms with E-state index >= 15 is 0 Å². The number of aromatic carboxylic acids is 2. The summed E-state index contributed by atoms with van der Waals surface area (Å²) in [7, 11) is 0. The Bertz CT molecular complexity index is 741. The molecule has 1 aliphatic rings. The van der Waals surface area contributed by atoms with E-state index in [1.165, 1.54) is 6.07 Å². The van der Waals surface area contributed by atoms with Gasteiger partial charge in [0.2, 0.25) is 0 Å². The maximum atomic E-state index is 11.2. The highest BCUT2D eigenvalue weighted by atomic mass is 16.4. The number of benzene rings is 2. The third kappa shape index (κ3) is 1.32. The molecule has 2 bridgehead atoms. The predicted octanol–water partition coefficient (Wildman–Crippen LogP) is 2.72. The summed E-state index contributed by atoms with van der Waals surface area (Å²) < 4.78 is 0. The Morgan fingerprint density at radius 3 is 2.39 bits per heavy atom. The van der Waals surface area contributed by atoms with Crippen molar-refractivity contribution in [3.63, 3.8) is 0 Å². The molecule has 3 rings (SSSR count). The topological polar surface area (TPSA) is 74.6 Å². The second kappa shape index (κ2) is 3.43. The van der Waals surface area contributed by atoms with E-state index in [0.29, 0.717) is 11.1 Å². The van der Waals surface area contributed by atoms with Gasteiger partial charge in [0.15, 0.2) is 0 Å². The molecule has 88 valence electrons. The Hall–Kier alpha value is -2.62. The normalized spacial score (nSPS) is 12.0. The second-order valence-corrected chi connectivity index (χ2v) is 4.13. The fraction of sp³-hybridized carbons (Fsp3) is 0. The monoisotopic (exact) mass is 240 g/mol. The van der Waals surface area contributed by atoms with Gasteiger partial charge in [-0.05, 0) is 40.1 Å². The standard InChI is InChI=1S/C14H8O4/c15-13(16)8-2-3-10-9(6-8)5-7-1-4-11(10)12(7)14(17)18/h1-6H,(H,15,16)(H,17,18). The SMILES string of the molecule is O=C(O)c1ccc2c3c(C(=O)O)c(cc2c1)C=C3. The zero-order valence-electron chi connectivity index (χ0n) is 9.18. The summed E-state index contributed by atoms with van der Waals surface area (Å²) in [5.74, 6) is -1.95. The minimum atomic E-state index is -0.991. The molecule has 2 aromatic carbocycles. The first-order chi connectivity index (χ1) is 8.58. The average molecular weight is 240 g/mol. The van der Waals surface area contributed by atoms with Crippen molar-refractivity contribution in [3.8, 4) is 0 Å². The van der Waals surface area contributed by atoms with Crippen molar-refractivity contribution in [2.75, 3.05) is 0 Å². The summed E-state index contributed by atoms with van der Waals surface area (Å²) in [6, 6.07) is 6.40. The maximum Gasteiger partial charge on any atom is 0.336 e. The molecule has 0 radical (unpaired) electrons. The van der Waals surface area contributed by atoms with Gasteiger partial charge in [0.25, 0.3) is 0 Å². The molecular formula is C14H8O4. The van der Waals surface area contributed by atoms with Crippen LogP contribution in [0.4, 0.5) is 0 Å². The lowest BCUT2D eigenvalue weighted by Crippen LogP contribution is -2.01. The molecule has 2 aromatic rings. The molecule has 0 aromatic heterocycles. The Balaban J connectivity index is 2.36. The van der Waals surface area contributed by atoms with Crippen molar-refractivity contribution in [1.82, 2.24) is 0 Å². The summed E-state index contributed by atoms with van der Waals surface area (Å²) >= 11 is 0. The first kappa shape index (κ1) is 10.5. The van der Waals surface area contributed by atoms with Crippen molar-refractivity contribution < 1.29 is 19.8 Å². The van der Waals surface area contributed by atoms with Crippen LogP contribution < -0.4 is 0 Å². The van der Waals surface area contributed by atoms with E-state index in [1.807, 2.05) is 0 Å². The molecule has 4 heteroatoms. The molecule has 0 aliphatic heterocycles. The predicted molar refractivity (Wildman–Crippen MR) is 66.8 cm³/mol. The molecule has 0 fully saturated rings. The van der Waals surface area contributed by atoms with Crippen LogP contribution in [0.3, 0.4) is 0 Å². The zero-order chi connectivity index (χ0) is 12.9. The van der Waals surface area contributed by atoms with Crippen LogP contribution in [0.5, 0.6) is 0 Å². The van der Waals surface area contributed by atoms with Crippen LogP contribution in [-0.2, 0) is 0 Å². The van der Waals surface area contributed by atoms with Crippen molar-refractivity contribution in [1.29, 1.82) is 0 Å². The Kier molecular flexibility index (Phi) is 2.01. The number of carbonyl (C=O) groups is 2. The van der Waals surface area contributed by atoms with Crippen LogP contribution in [0.25, 0.3) is 22.9 Å². The molecule has 4 nitrogen and oxygen atoms in total. The number of fused-ring (bicyclic) bond motifs is 4. The van der Waals surface area contributed by atoms with Crippen molar-refractivity contribution in [2.45, 2.75) is 0 Å². The molecule has 0 unspecified atom stereocenters. The fourth-order valence-corrected chi connectivity index (χ4v) is 2.31. The summed E-state index contributed by atoms with van der Waals surface area (Å²) in [5.41, 5.74) is 1.74. The van der Waals surface area contributed by atoms with Crippen LogP contribution in [0.2, 0.25) is 0 Å².